The molecule has 3 aromatic rings. The minimum absolute atomic E-state index is 0.180. The van der Waals surface area contributed by atoms with Crippen molar-refractivity contribution in [2.75, 3.05) is 4.72 Å². The van der Waals surface area contributed by atoms with E-state index >= 15 is 0 Å². The van der Waals surface area contributed by atoms with Gasteiger partial charge in [-0.05, 0) is 36.8 Å². The Labute approximate surface area is 129 Å². The van der Waals surface area contributed by atoms with Gasteiger partial charge in [-0.25, -0.2) is 8.42 Å². The fourth-order valence-electron chi connectivity index (χ4n) is 2.28. The molecule has 0 saturated heterocycles. The topological polar surface area (TPSA) is 59.3 Å². The lowest BCUT2D eigenvalue weighted by atomic mass is 10.1. The Morgan fingerprint density at radius 3 is 2.68 bits per heavy atom. The molecule has 4 nitrogen and oxygen atoms in total. The molecule has 0 radical (unpaired) electrons. The molecule has 3 rings (SSSR count). The maximum atomic E-state index is 12.6. The average Bonchev–Trinajstić information content (AvgIpc) is 2.97. The molecule has 0 bridgehead atoms. The highest BCUT2D eigenvalue weighted by molar-refractivity contribution is 7.92. The van der Waals surface area contributed by atoms with E-state index in [1.165, 1.54) is 6.26 Å². The highest BCUT2D eigenvalue weighted by atomic mass is 32.2. The second-order valence-electron chi connectivity index (χ2n) is 4.98. The van der Waals surface area contributed by atoms with Gasteiger partial charge in [-0.1, -0.05) is 30.9 Å². The summed E-state index contributed by atoms with van der Waals surface area (Å²) in [6, 6.07) is 12.1. The Bertz CT molecular complexity index is 955. The zero-order chi connectivity index (χ0) is 15.7. The van der Waals surface area contributed by atoms with E-state index in [9.17, 15) is 8.42 Å². The lowest BCUT2D eigenvalue weighted by Gasteiger charge is -2.11. The fourth-order valence-corrected chi connectivity index (χ4v) is 3.48. The maximum absolute atomic E-state index is 12.6. The monoisotopic (exact) mass is 313 g/mol. The Morgan fingerprint density at radius 2 is 1.95 bits per heavy atom. The molecule has 1 N–H and O–H groups in total. The Morgan fingerprint density at radius 1 is 1.18 bits per heavy atom. The van der Waals surface area contributed by atoms with Crippen LogP contribution in [0.5, 0.6) is 0 Å². The third-order valence-corrected chi connectivity index (χ3v) is 4.82. The molecule has 0 aliphatic carbocycles. The number of benzene rings is 2. The molecule has 0 aliphatic rings. The third kappa shape index (κ3) is 2.51. The van der Waals surface area contributed by atoms with Crippen molar-refractivity contribution >= 4 is 32.8 Å². The molecule has 22 heavy (non-hydrogen) atoms. The number of fused-ring (bicyclic) bond motifs is 1. The second-order valence-corrected chi connectivity index (χ2v) is 6.66. The van der Waals surface area contributed by atoms with Crippen molar-refractivity contribution in [3.05, 3.63) is 66.4 Å². The van der Waals surface area contributed by atoms with Gasteiger partial charge in [0.05, 0.1) is 16.8 Å². The molecule has 1 aromatic heterocycles. The molecule has 0 unspecified atom stereocenters. The number of nitrogens with one attached hydrogen (secondary N) is 1. The van der Waals surface area contributed by atoms with E-state index in [4.69, 9.17) is 4.42 Å². The van der Waals surface area contributed by atoms with Crippen LogP contribution in [0.15, 0.2) is 64.6 Å². The van der Waals surface area contributed by atoms with Crippen LogP contribution in [-0.2, 0) is 10.0 Å². The van der Waals surface area contributed by atoms with Crippen molar-refractivity contribution in [2.45, 2.75) is 11.8 Å². The van der Waals surface area contributed by atoms with Crippen LogP contribution in [0.2, 0.25) is 0 Å². The van der Waals surface area contributed by atoms with Crippen molar-refractivity contribution in [2.24, 2.45) is 0 Å². The fraction of sp³-hybridized carbons (Fsp3) is 0.0588. The summed E-state index contributed by atoms with van der Waals surface area (Å²) in [7, 11) is -3.68. The summed E-state index contributed by atoms with van der Waals surface area (Å²) in [4.78, 5) is 0.180. The van der Waals surface area contributed by atoms with Crippen LogP contribution in [0, 0.1) is 6.92 Å². The average molecular weight is 313 g/mol. The molecule has 2 aromatic carbocycles. The molecule has 1 heterocycles. The predicted octanol–water partition coefficient (Wildman–Crippen LogP) is 4.19. The number of furan rings is 1. The van der Waals surface area contributed by atoms with Crippen LogP contribution >= 0.6 is 0 Å². The smallest absolute Gasteiger partial charge is 0.261 e. The van der Waals surface area contributed by atoms with Crippen molar-refractivity contribution in [1.82, 2.24) is 0 Å². The van der Waals surface area contributed by atoms with E-state index in [1.54, 1.807) is 36.4 Å². The minimum atomic E-state index is -3.68. The summed E-state index contributed by atoms with van der Waals surface area (Å²) in [5, 5.41) is 0.725. The van der Waals surface area contributed by atoms with Gasteiger partial charge in [0.1, 0.15) is 5.58 Å². The summed E-state index contributed by atoms with van der Waals surface area (Å²) >= 11 is 0. The number of rotatable bonds is 4. The van der Waals surface area contributed by atoms with Crippen LogP contribution in [-0.4, -0.2) is 8.42 Å². The molecule has 5 heteroatoms. The first-order valence-corrected chi connectivity index (χ1v) is 8.22. The summed E-state index contributed by atoms with van der Waals surface area (Å²) in [6.07, 6.45) is 3.11. The number of aryl methyl sites for hydroxylation is 1. The van der Waals surface area contributed by atoms with E-state index in [2.05, 4.69) is 11.3 Å². The molecule has 0 fully saturated rings. The van der Waals surface area contributed by atoms with Crippen molar-refractivity contribution in [3.63, 3.8) is 0 Å². The van der Waals surface area contributed by atoms with Gasteiger partial charge in [-0.3, -0.25) is 4.72 Å². The number of hydrogen-bond donors (Lipinski definition) is 1. The zero-order valence-corrected chi connectivity index (χ0v) is 12.9. The van der Waals surface area contributed by atoms with Gasteiger partial charge >= 0.3 is 0 Å². The molecule has 112 valence electrons. The number of anilines is 1. The molecule has 0 aliphatic heterocycles. The first kappa shape index (κ1) is 14.4. The summed E-state index contributed by atoms with van der Waals surface area (Å²) in [6.45, 7) is 5.56. The van der Waals surface area contributed by atoms with Gasteiger partial charge in [0.25, 0.3) is 10.0 Å². The van der Waals surface area contributed by atoms with E-state index in [0.717, 1.165) is 10.9 Å². The summed E-state index contributed by atoms with van der Waals surface area (Å²) in [5.41, 5.74) is 2.70. The van der Waals surface area contributed by atoms with Gasteiger partial charge < -0.3 is 4.42 Å². The van der Waals surface area contributed by atoms with Gasteiger partial charge in [-0.2, -0.15) is 0 Å². The first-order valence-electron chi connectivity index (χ1n) is 6.73. The number of hydrogen-bond acceptors (Lipinski definition) is 3. The van der Waals surface area contributed by atoms with Crippen LogP contribution in [0.25, 0.3) is 17.0 Å². The van der Waals surface area contributed by atoms with Crippen LogP contribution in [0.3, 0.4) is 0 Å². The molecule has 0 amide bonds. The maximum Gasteiger partial charge on any atom is 0.261 e. The number of sulfonamides is 1. The zero-order valence-electron chi connectivity index (χ0n) is 12.0. The lowest BCUT2D eigenvalue weighted by molar-refractivity contribution is 0.601. The molecule has 0 spiro atoms. The molecular weight excluding hydrogens is 298 g/mol. The Hall–Kier alpha value is -2.53. The summed E-state index contributed by atoms with van der Waals surface area (Å²) < 4.78 is 33.2. The highest BCUT2D eigenvalue weighted by Crippen LogP contribution is 2.27. The number of para-hydroxylation sites is 1. The van der Waals surface area contributed by atoms with E-state index in [1.807, 2.05) is 19.1 Å². The summed E-state index contributed by atoms with van der Waals surface area (Å²) in [5.74, 6) is 0. The Balaban J connectivity index is 2.09. The highest BCUT2D eigenvalue weighted by Gasteiger charge is 2.18. The minimum Gasteiger partial charge on any atom is -0.464 e. The van der Waals surface area contributed by atoms with Gasteiger partial charge in [0.2, 0.25) is 0 Å². The van der Waals surface area contributed by atoms with Gasteiger partial charge in [0.15, 0.2) is 0 Å². The van der Waals surface area contributed by atoms with Crippen LogP contribution < -0.4 is 4.72 Å². The quantitative estimate of drug-likeness (QED) is 0.786. The molecule has 0 atom stereocenters. The van der Waals surface area contributed by atoms with Gasteiger partial charge in [-0.15, -0.1) is 0 Å². The van der Waals surface area contributed by atoms with Crippen LogP contribution in [0.1, 0.15) is 11.1 Å². The second kappa shape index (κ2) is 5.35. The largest absolute Gasteiger partial charge is 0.464 e. The SMILES string of the molecule is C=Cc1cc(S(=O)(=O)Nc2ccccc2C)cc2ccoc12. The third-order valence-electron chi connectivity index (χ3n) is 3.47. The van der Waals surface area contributed by atoms with Gasteiger partial charge in [0, 0.05) is 10.9 Å². The molecular formula is C17H15NO3S. The van der Waals surface area contributed by atoms with Crippen molar-refractivity contribution < 1.29 is 12.8 Å². The van der Waals surface area contributed by atoms with E-state index < -0.39 is 10.0 Å². The molecule has 0 saturated carbocycles. The van der Waals surface area contributed by atoms with Crippen molar-refractivity contribution in [1.29, 1.82) is 0 Å². The first-order chi connectivity index (χ1) is 10.5. The lowest BCUT2D eigenvalue weighted by Crippen LogP contribution is -2.13. The predicted molar refractivity (Wildman–Crippen MR) is 88.3 cm³/mol. The Kier molecular flexibility index (Phi) is 3.50. The van der Waals surface area contributed by atoms with Crippen molar-refractivity contribution in [3.8, 4) is 0 Å². The normalized spacial score (nSPS) is 11.5. The standard InChI is InChI=1S/C17H15NO3S/c1-3-13-10-15(11-14-8-9-21-17(13)14)22(19,20)18-16-7-5-4-6-12(16)2/h3-11,18H,1H2,2H3. The van der Waals surface area contributed by atoms with Crippen LogP contribution in [0.4, 0.5) is 5.69 Å². The van der Waals surface area contributed by atoms with E-state index in [0.29, 0.717) is 16.8 Å². The van der Waals surface area contributed by atoms with E-state index in [-0.39, 0.29) is 4.90 Å².